The lowest BCUT2D eigenvalue weighted by Gasteiger charge is -2.20. The minimum absolute atomic E-state index is 0.0290. The number of thiazole rings is 1. The molecule has 2 rings (SSSR count). The van der Waals surface area contributed by atoms with Crippen LogP contribution >= 0.6 is 35.3 Å². The number of nitrogens with zero attached hydrogens (tertiary/aromatic N) is 2. The molecule has 1 amide bonds. The van der Waals surface area contributed by atoms with Crippen LogP contribution in [0.3, 0.4) is 0 Å². The van der Waals surface area contributed by atoms with Crippen LogP contribution < -0.4 is 5.32 Å². The summed E-state index contributed by atoms with van der Waals surface area (Å²) in [6.45, 7) is 8.16. The molecule has 0 aliphatic heterocycles. The normalized spacial score (nSPS) is 17.0. The number of carbonyl (C=O) groups is 1. The van der Waals surface area contributed by atoms with E-state index in [-0.39, 0.29) is 5.91 Å². The van der Waals surface area contributed by atoms with E-state index >= 15 is 0 Å². The van der Waals surface area contributed by atoms with Crippen LogP contribution in [0.25, 0.3) is 0 Å². The Morgan fingerprint density at radius 1 is 1.50 bits per heavy atom. The highest BCUT2D eigenvalue weighted by Crippen LogP contribution is 2.32. The molecular weight excluding hydrogens is 334 g/mol. The molecule has 0 saturated carbocycles. The van der Waals surface area contributed by atoms with Crippen LogP contribution in [-0.2, 0) is 17.6 Å². The fourth-order valence-electron chi connectivity index (χ4n) is 2.45. The maximum absolute atomic E-state index is 12.0. The molecule has 1 unspecified atom stereocenters. The van der Waals surface area contributed by atoms with Crippen molar-refractivity contribution < 1.29 is 4.79 Å². The van der Waals surface area contributed by atoms with Gasteiger partial charge in [-0.1, -0.05) is 30.9 Å². The maximum Gasteiger partial charge on any atom is 0.236 e. The molecule has 0 aromatic carbocycles. The highest BCUT2D eigenvalue weighted by Gasteiger charge is 2.20. The largest absolute Gasteiger partial charge is 0.358 e. The van der Waals surface area contributed by atoms with E-state index in [1.165, 1.54) is 28.8 Å². The summed E-state index contributed by atoms with van der Waals surface area (Å²) in [6.07, 6.45) is 3.31. The lowest BCUT2D eigenvalue weighted by atomic mass is 9.93. The Hall–Kier alpha value is -0.660. The van der Waals surface area contributed by atoms with Crippen LogP contribution in [0.4, 0.5) is 5.13 Å². The molecule has 1 aliphatic carbocycles. The molecule has 1 aliphatic rings. The number of aromatic nitrogens is 1. The van der Waals surface area contributed by atoms with Crippen LogP contribution in [0.15, 0.2) is 0 Å². The average molecular weight is 358 g/mol. The third-order valence-electron chi connectivity index (χ3n) is 3.78. The van der Waals surface area contributed by atoms with Gasteiger partial charge in [-0.05, 0) is 39.0 Å². The first-order valence-corrected chi connectivity index (χ1v) is 9.94. The molecule has 1 aromatic rings. The Balaban J connectivity index is 1.84. The Labute approximate surface area is 146 Å². The van der Waals surface area contributed by atoms with Crippen molar-refractivity contribution in [2.24, 2.45) is 5.92 Å². The zero-order valence-electron chi connectivity index (χ0n) is 13.3. The van der Waals surface area contributed by atoms with Gasteiger partial charge in [0.15, 0.2) is 5.13 Å². The van der Waals surface area contributed by atoms with Gasteiger partial charge in [0.2, 0.25) is 5.91 Å². The van der Waals surface area contributed by atoms with Crippen LogP contribution in [0.5, 0.6) is 0 Å². The van der Waals surface area contributed by atoms with Gasteiger partial charge in [0, 0.05) is 18.0 Å². The van der Waals surface area contributed by atoms with Gasteiger partial charge in [-0.25, -0.2) is 4.98 Å². The Bertz CT molecular complexity index is 540. The van der Waals surface area contributed by atoms with Crippen molar-refractivity contribution in [1.82, 2.24) is 9.88 Å². The number of amides is 1. The fraction of sp³-hybridized carbons (Fsp3) is 0.667. The van der Waals surface area contributed by atoms with Crippen LogP contribution in [0.1, 0.15) is 37.8 Å². The monoisotopic (exact) mass is 357 g/mol. The zero-order valence-corrected chi connectivity index (χ0v) is 15.8. The molecule has 0 radical (unpaired) electrons. The van der Waals surface area contributed by atoms with Gasteiger partial charge < -0.3 is 10.2 Å². The van der Waals surface area contributed by atoms with Gasteiger partial charge in [0.05, 0.1) is 11.4 Å². The van der Waals surface area contributed by atoms with Gasteiger partial charge in [0.25, 0.3) is 0 Å². The standard InChI is InChI=1S/C15H23N3OS3/c1-4-18(5-2)15(20)21-9-13(19)17-14-16-11-7-6-10(3)8-12(11)22-14/h10H,4-9H2,1-3H3,(H,16,17,19). The lowest BCUT2D eigenvalue weighted by Crippen LogP contribution is -2.28. The molecule has 122 valence electrons. The summed E-state index contributed by atoms with van der Waals surface area (Å²) in [6, 6.07) is 0. The van der Waals surface area contributed by atoms with Crippen molar-refractivity contribution in [2.45, 2.75) is 40.0 Å². The minimum atomic E-state index is -0.0290. The van der Waals surface area contributed by atoms with E-state index in [4.69, 9.17) is 12.2 Å². The molecule has 22 heavy (non-hydrogen) atoms. The molecule has 7 heteroatoms. The fourth-order valence-corrected chi connectivity index (χ4v) is 4.84. The molecule has 1 atom stereocenters. The second-order valence-corrected chi connectivity index (χ2v) is 8.20. The number of hydrogen-bond acceptors (Lipinski definition) is 5. The van der Waals surface area contributed by atoms with Gasteiger partial charge in [-0.15, -0.1) is 11.3 Å². The SMILES string of the molecule is CCN(CC)C(=S)SCC(=O)Nc1nc2c(s1)CC(C)CC2. The zero-order chi connectivity index (χ0) is 16.1. The van der Waals surface area contributed by atoms with Crippen molar-refractivity contribution in [2.75, 3.05) is 24.2 Å². The van der Waals surface area contributed by atoms with E-state index in [0.717, 1.165) is 41.3 Å². The first-order valence-electron chi connectivity index (χ1n) is 7.73. The van der Waals surface area contributed by atoms with Crippen molar-refractivity contribution in [3.8, 4) is 0 Å². The molecular formula is C15H23N3OS3. The molecule has 4 nitrogen and oxygen atoms in total. The summed E-state index contributed by atoms with van der Waals surface area (Å²) in [4.78, 5) is 20.0. The van der Waals surface area contributed by atoms with E-state index < -0.39 is 0 Å². The van der Waals surface area contributed by atoms with Gasteiger partial charge in [-0.3, -0.25) is 4.79 Å². The summed E-state index contributed by atoms with van der Waals surface area (Å²) in [5.74, 6) is 1.04. The number of aryl methyl sites for hydroxylation is 1. The van der Waals surface area contributed by atoms with Crippen LogP contribution in [0, 0.1) is 5.92 Å². The number of rotatable bonds is 5. The van der Waals surface area contributed by atoms with Crippen molar-refractivity contribution in [3.05, 3.63) is 10.6 Å². The quantitative estimate of drug-likeness (QED) is 0.816. The van der Waals surface area contributed by atoms with Crippen molar-refractivity contribution >= 4 is 50.7 Å². The second kappa shape index (κ2) is 8.26. The molecule has 1 aromatic heterocycles. The highest BCUT2D eigenvalue weighted by atomic mass is 32.2. The number of thioether (sulfide) groups is 1. The van der Waals surface area contributed by atoms with Crippen molar-refractivity contribution in [1.29, 1.82) is 0 Å². The smallest absolute Gasteiger partial charge is 0.236 e. The number of anilines is 1. The number of hydrogen-bond donors (Lipinski definition) is 1. The Morgan fingerprint density at radius 2 is 2.23 bits per heavy atom. The molecule has 0 bridgehead atoms. The number of nitrogens with one attached hydrogen (secondary N) is 1. The first kappa shape index (κ1) is 17.7. The molecule has 0 saturated heterocycles. The predicted octanol–water partition coefficient (Wildman–Crippen LogP) is 3.57. The van der Waals surface area contributed by atoms with E-state index in [1.807, 2.05) is 0 Å². The molecule has 1 N–H and O–H groups in total. The Morgan fingerprint density at radius 3 is 2.91 bits per heavy atom. The molecule has 1 heterocycles. The van der Waals surface area contributed by atoms with Gasteiger partial charge in [0.1, 0.15) is 4.32 Å². The van der Waals surface area contributed by atoms with E-state index in [1.54, 1.807) is 11.3 Å². The van der Waals surface area contributed by atoms with E-state index in [2.05, 4.69) is 36.0 Å². The maximum atomic E-state index is 12.0. The molecule has 0 fully saturated rings. The van der Waals surface area contributed by atoms with Gasteiger partial charge in [-0.2, -0.15) is 0 Å². The third-order valence-corrected chi connectivity index (χ3v) is 6.34. The topological polar surface area (TPSA) is 45.2 Å². The van der Waals surface area contributed by atoms with Crippen LogP contribution in [-0.4, -0.2) is 39.0 Å². The Kier molecular flexibility index (Phi) is 6.65. The second-order valence-electron chi connectivity index (χ2n) is 5.51. The summed E-state index contributed by atoms with van der Waals surface area (Å²) in [5, 5.41) is 3.65. The van der Waals surface area contributed by atoms with Crippen LogP contribution in [0.2, 0.25) is 0 Å². The van der Waals surface area contributed by atoms with E-state index in [9.17, 15) is 4.79 Å². The number of carbonyl (C=O) groups excluding carboxylic acids is 1. The predicted molar refractivity (Wildman–Crippen MR) is 99.9 cm³/mol. The summed E-state index contributed by atoms with van der Waals surface area (Å²) < 4.78 is 0.785. The van der Waals surface area contributed by atoms with Crippen molar-refractivity contribution in [3.63, 3.8) is 0 Å². The number of thiocarbonyl (C=S) groups is 1. The molecule has 0 spiro atoms. The number of fused-ring (bicyclic) bond motifs is 1. The summed E-state index contributed by atoms with van der Waals surface area (Å²) >= 11 is 8.38. The summed E-state index contributed by atoms with van der Waals surface area (Å²) in [7, 11) is 0. The average Bonchev–Trinajstić information content (AvgIpc) is 2.87. The first-order chi connectivity index (χ1) is 10.5. The van der Waals surface area contributed by atoms with Gasteiger partial charge >= 0.3 is 0 Å². The summed E-state index contributed by atoms with van der Waals surface area (Å²) in [5.41, 5.74) is 1.17. The van der Waals surface area contributed by atoms with E-state index in [0.29, 0.717) is 5.75 Å². The minimum Gasteiger partial charge on any atom is -0.358 e. The third kappa shape index (κ3) is 4.67. The highest BCUT2D eigenvalue weighted by molar-refractivity contribution is 8.23. The lowest BCUT2D eigenvalue weighted by molar-refractivity contribution is -0.113.